The summed E-state index contributed by atoms with van der Waals surface area (Å²) in [5, 5.41) is 1.06. The van der Waals surface area contributed by atoms with Crippen LogP contribution in [0.1, 0.15) is 19.0 Å². The highest BCUT2D eigenvalue weighted by Gasteiger charge is 2.22. The molecular weight excluding hydrogens is 340 g/mol. The highest BCUT2D eigenvalue weighted by atomic mass is 16.5. The minimum Gasteiger partial charge on any atom is -0.453 e. The molecule has 1 heterocycles. The number of nitrogens with zero attached hydrogens (tertiary/aromatic N) is 2. The number of anilines is 1. The molecule has 3 aromatic rings. The van der Waals surface area contributed by atoms with Gasteiger partial charge in [-0.2, -0.15) is 0 Å². The molecule has 0 saturated heterocycles. The Labute approximate surface area is 158 Å². The first kappa shape index (κ1) is 18.6. The molecule has 5 nitrogen and oxygen atoms in total. The smallest absolute Gasteiger partial charge is 0.306 e. The van der Waals surface area contributed by atoms with E-state index in [1.165, 1.54) is 4.90 Å². The lowest BCUT2D eigenvalue weighted by atomic mass is 10.1. The van der Waals surface area contributed by atoms with Crippen LogP contribution in [0.15, 0.2) is 66.7 Å². The highest BCUT2D eigenvalue weighted by molar-refractivity contribution is 5.96. The van der Waals surface area contributed by atoms with E-state index >= 15 is 0 Å². The minimum absolute atomic E-state index is 0.179. The second-order valence-corrected chi connectivity index (χ2v) is 6.36. The Morgan fingerprint density at radius 2 is 1.70 bits per heavy atom. The summed E-state index contributed by atoms with van der Waals surface area (Å²) in [5.74, 6) is -0.675. The molecule has 0 N–H and O–H groups in total. The lowest BCUT2D eigenvalue weighted by Gasteiger charge is -2.21. The van der Waals surface area contributed by atoms with Crippen LogP contribution in [0.5, 0.6) is 0 Å². The standard InChI is InChI=1S/C22H22N2O3/c1-16(22(26)24(2)19-9-4-3-5-10-19)27-21(25)15-14-18-13-12-17-8-6-7-11-20(17)23-18/h3-13,16H,14-15H2,1-2H3. The average molecular weight is 362 g/mol. The summed E-state index contributed by atoms with van der Waals surface area (Å²) in [5.41, 5.74) is 2.48. The van der Waals surface area contributed by atoms with Gasteiger partial charge in [0.15, 0.2) is 6.10 Å². The first-order valence-corrected chi connectivity index (χ1v) is 8.91. The number of ether oxygens (including phenoxy) is 1. The molecule has 3 rings (SSSR count). The topological polar surface area (TPSA) is 59.5 Å². The van der Waals surface area contributed by atoms with Crippen molar-refractivity contribution in [3.8, 4) is 0 Å². The van der Waals surface area contributed by atoms with E-state index in [9.17, 15) is 9.59 Å². The molecule has 0 aliphatic carbocycles. The molecule has 1 aromatic heterocycles. The van der Waals surface area contributed by atoms with Crippen molar-refractivity contribution in [1.29, 1.82) is 0 Å². The van der Waals surface area contributed by atoms with Crippen LogP contribution in [0.2, 0.25) is 0 Å². The third-order valence-electron chi connectivity index (χ3n) is 4.37. The quantitative estimate of drug-likeness (QED) is 0.627. The maximum absolute atomic E-state index is 12.4. The van der Waals surface area contributed by atoms with Gasteiger partial charge in [0.25, 0.3) is 5.91 Å². The molecular formula is C22H22N2O3. The average Bonchev–Trinajstić information content (AvgIpc) is 2.71. The lowest BCUT2D eigenvalue weighted by molar-refractivity contribution is -0.153. The van der Waals surface area contributed by atoms with Crippen molar-refractivity contribution < 1.29 is 14.3 Å². The van der Waals surface area contributed by atoms with Gasteiger partial charge in [0.2, 0.25) is 0 Å². The van der Waals surface area contributed by atoms with Crippen molar-refractivity contribution in [2.75, 3.05) is 11.9 Å². The van der Waals surface area contributed by atoms with Crippen LogP contribution in [0, 0.1) is 0 Å². The van der Waals surface area contributed by atoms with Crippen molar-refractivity contribution in [3.63, 3.8) is 0 Å². The zero-order chi connectivity index (χ0) is 19.2. The molecule has 0 spiro atoms. The van der Waals surface area contributed by atoms with Crippen LogP contribution in [0.25, 0.3) is 10.9 Å². The Hall–Kier alpha value is -3.21. The van der Waals surface area contributed by atoms with Crippen LogP contribution in [0.4, 0.5) is 5.69 Å². The molecule has 5 heteroatoms. The van der Waals surface area contributed by atoms with Crippen LogP contribution < -0.4 is 4.90 Å². The van der Waals surface area contributed by atoms with E-state index < -0.39 is 12.1 Å². The van der Waals surface area contributed by atoms with Gasteiger partial charge in [0.05, 0.1) is 11.9 Å². The normalized spacial score (nSPS) is 11.8. The predicted octanol–water partition coefficient (Wildman–Crippen LogP) is 3.76. The number of pyridine rings is 1. The van der Waals surface area contributed by atoms with E-state index in [1.807, 2.05) is 66.7 Å². The molecule has 138 valence electrons. The Kier molecular flexibility index (Phi) is 5.81. The number of likely N-dealkylation sites (N-methyl/N-ethyl adjacent to an activating group) is 1. The molecule has 1 amide bonds. The molecule has 0 saturated carbocycles. The fourth-order valence-corrected chi connectivity index (χ4v) is 2.84. The van der Waals surface area contributed by atoms with Gasteiger partial charge in [-0.05, 0) is 31.2 Å². The van der Waals surface area contributed by atoms with Crippen LogP contribution in [-0.4, -0.2) is 30.0 Å². The van der Waals surface area contributed by atoms with E-state index in [-0.39, 0.29) is 12.3 Å². The van der Waals surface area contributed by atoms with Crippen molar-refractivity contribution in [3.05, 3.63) is 72.4 Å². The molecule has 1 unspecified atom stereocenters. The summed E-state index contributed by atoms with van der Waals surface area (Å²) in [6, 6.07) is 21.0. The summed E-state index contributed by atoms with van der Waals surface area (Å²) in [7, 11) is 1.67. The minimum atomic E-state index is -0.840. The van der Waals surface area contributed by atoms with Gasteiger partial charge in [0, 0.05) is 30.2 Å². The SMILES string of the molecule is CC(OC(=O)CCc1ccc2ccccc2n1)C(=O)N(C)c1ccccc1. The maximum atomic E-state index is 12.4. The molecule has 1 atom stereocenters. The number of aromatic nitrogens is 1. The van der Waals surface area contributed by atoms with E-state index in [1.54, 1.807) is 14.0 Å². The van der Waals surface area contributed by atoms with Crippen LogP contribution in [-0.2, 0) is 20.7 Å². The maximum Gasteiger partial charge on any atom is 0.306 e. The van der Waals surface area contributed by atoms with Crippen molar-refractivity contribution in [2.45, 2.75) is 25.9 Å². The Balaban J connectivity index is 1.54. The number of benzene rings is 2. The molecule has 0 fully saturated rings. The highest BCUT2D eigenvalue weighted by Crippen LogP contribution is 2.15. The number of carbonyl (C=O) groups is 2. The van der Waals surface area contributed by atoms with Gasteiger partial charge < -0.3 is 9.64 Å². The van der Waals surface area contributed by atoms with Gasteiger partial charge in [-0.1, -0.05) is 42.5 Å². The lowest BCUT2D eigenvalue weighted by Crippen LogP contribution is -2.37. The van der Waals surface area contributed by atoms with Crippen LogP contribution in [0.3, 0.4) is 0 Å². The zero-order valence-electron chi connectivity index (χ0n) is 15.5. The number of esters is 1. The largest absolute Gasteiger partial charge is 0.453 e. The Morgan fingerprint density at radius 1 is 1.00 bits per heavy atom. The third-order valence-corrected chi connectivity index (χ3v) is 4.37. The molecule has 0 aliphatic rings. The number of rotatable bonds is 6. The first-order valence-electron chi connectivity index (χ1n) is 8.91. The Bertz CT molecular complexity index is 940. The van der Waals surface area contributed by atoms with Gasteiger partial charge in [-0.15, -0.1) is 0 Å². The third kappa shape index (κ3) is 4.70. The number of para-hydroxylation sites is 2. The monoisotopic (exact) mass is 362 g/mol. The fraction of sp³-hybridized carbons (Fsp3) is 0.227. The summed E-state index contributed by atoms with van der Waals surface area (Å²) in [4.78, 5) is 30.6. The Morgan fingerprint density at radius 3 is 2.48 bits per heavy atom. The number of amides is 1. The summed E-state index contributed by atoms with van der Waals surface area (Å²) in [6.07, 6.45) is -0.191. The van der Waals surface area contributed by atoms with Crippen LogP contribution >= 0.6 is 0 Å². The number of hydrogen-bond acceptors (Lipinski definition) is 4. The molecule has 0 aliphatic heterocycles. The van der Waals surface area contributed by atoms with Crippen molar-refractivity contribution in [1.82, 2.24) is 4.98 Å². The first-order chi connectivity index (χ1) is 13.0. The molecule has 0 bridgehead atoms. The summed E-state index contributed by atoms with van der Waals surface area (Å²) in [6.45, 7) is 1.59. The van der Waals surface area contributed by atoms with Crippen molar-refractivity contribution >= 4 is 28.5 Å². The second kappa shape index (κ2) is 8.45. The van der Waals surface area contributed by atoms with Gasteiger partial charge in [0.1, 0.15) is 0 Å². The van der Waals surface area contributed by atoms with Gasteiger partial charge in [-0.3, -0.25) is 14.6 Å². The number of fused-ring (bicyclic) bond motifs is 1. The number of aryl methyl sites for hydroxylation is 1. The zero-order valence-corrected chi connectivity index (χ0v) is 15.5. The number of hydrogen-bond donors (Lipinski definition) is 0. The van der Waals surface area contributed by atoms with Gasteiger partial charge >= 0.3 is 5.97 Å². The molecule has 2 aromatic carbocycles. The molecule has 0 radical (unpaired) electrons. The van der Waals surface area contributed by atoms with E-state index in [0.717, 1.165) is 22.3 Å². The van der Waals surface area contributed by atoms with E-state index in [2.05, 4.69) is 4.98 Å². The number of carbonyl (C=O) groups excluding carboxylic acids is 2. The fourth-order valence-electron chi connectivity index (χ4n) is 2.84. The predicted molar refractivity (Wildman–Crippen MR) is 105 cm³/mol. The van der Waals surface area contributed by atoms with E-state index in [0.29, 0.717) is 6.42 Å². The second-order valence-electron chi connectivity index (χ2n) is 6.36. The van der Waals surface area contributed by atoms with E-state index in [4.69, 9.17) is 4.74 Å². The van der Waals surface area contributed by atoms with Gasteiger partial charge in [-0.25, -0.2) is 0 Å². The van der Waals surface area contributed by atoms with Crippen molar-refractivity contribution in [2.24, 2.45) is 0 Å². The summed E-state index contributed by atoms with van der Waals surface area (Å²) < 4.78 is 5.31. The summed E-state index contributed by atoms with van der Waals surface area (Å²) >= 11 is 0. The molecule has 27 heavy (non-hydrogen) atoms.